The molecule has 0 radical (unpaired) electrons. The third-order valence-corrected chi connectivity index (χ3v) is 3.96. The number of hydrogen-bond donors (Lipinski definition) is 0. The van der Waals surface area contributed by atoms with E-state index in [4.69, 9.17) is 0 Å². The maximum Gasteiger partial charge on any atom is 0.180 e. The molecule has 0 atom stereocenters. The first-order chi connectivity index (χ1) is 9.11. The van der Waals surface area contributed by atoms with Crippen molar-refractivity contribution >= 4 is 17.3 Å². The van der Waals surface area contributed by atoms with E-state index < -0.39 is 0 Å². The van der Waals surface area contributed by atoms with E-state index in [1.807, 2.05) is 13.8 Å². The lowest BCUT2D eigenvalue weighted by atomic mass is 9.99. The molecule has 0 aliphatic rings. The van der Waals surface area contributed by atoms with Crippen LogP contribution >= 0.6 is 11.5 Å². The maximum atomic E-state index is 12.4. The van der Waals surface area contributed by atoms with Gasteiger partial charge in [0, 0.05) is 6.42 Å². The van der Waals surface area contributed by atoms with Crippen molar-refractivity contribution in [3.05, 3.63) is 45.5 Å². The molecule has 0 spiro atoms. The van der Waals surface area contributed by atoms with E-state index in [0.29, 0.717) is 6.42 Å². The van der Waals surface area contributed by atoms with Gasteiger partial charge in [0.2, 0.25) is 0 Å². The number of nitrogens with zero attached hydrogens (tertiary/aromatic N) is 2. The van der Waals surface area contributed by atoms with Crippen molar-refractivity contribution < 1.29 is 4.79 Å². The van der Waals surface area contributed by atoms with Crippen LogP contribution in [0.25, 0.3) is 0 Å². The number of carbonyl (C=O) groups excluding carboxylic acids is 1. The van der Waals surface area contributed by atoms with E-state index in [1.165, 1.54) is 17.1 Å². The molecule has 19 heavy (non-hydrogen) atoms. The second-order valence-corrected chi connectivity index (χ2v) is 5.58. The lowest BCUT2D eigenvalue weighted by molar-refractivity contribution is 0.0995. The minimum Gasteiger partial charge on any atom is -0.293 e. The van der Waals surface area contributed by atoms with E-state index >= 15 is 0 Å². The van der Waals surface area contributed by atoms with Crippen LogP contribution in [0.3, 0.4) is 0 Å². The average molecular weight is 274 g/mol. The minimum atomic E-state index is 0.132. The Bertz CT molecular complexity index is 590. The molecular formula is C15H18N2OS. The van der Waals surface area contributed by atoms with Crippen molar-refractivity contribution in [1.82, 2.24) is 9.59 Å². The van der Waals surface area contributed by atoms with Gasteiger partial charge >= 0.3 is 0 Å². The maximum absolute atomic E-state index is 12.4. The summed E-state index contributed by atoms with van der Waals surface area (Å²) < 4.78 is 3.91. The molecule has 0 N–H and O–H groups in total. The molecule has 3 nitrogen and oxygen atoms in total. The molecule has 4 heteroatoms. The van der Waals surface area contributed by atoms with Gasteiger partial charge in [0.15, 0.2) is 5.78 Å². The van der Waals surface area contributed by atoms with Crippen LogP contribution in [0.1, 0.15) is 45.4 Å². The van der Waals surface area contributed by atoms with Crippen molar-refractivity contribution in [2.45, 2.75) is 40.0 Å². The van der Waals surface area contributed by atoms with Crippen molar-refractivity contribution in [2.24, 2.45) is 0 Å². The fourth-order valence-electron chi connectivity index (χ4n) is 2.06. The highest BCUT2D eigenvalue weighted by atomic mass is 32.1. The van der Waals surface area contributed by atoms with Crippen LogP contribution in [-0.2, 0) is 12.8 Å². The third kappa shape index (κ3) is 3.26. The van der Waals surface area contributed by atoms with E-state index in [0.717, 1.165) is 34.5 Å². The predicted octanol–water partition coefficient (Wildman–Crippen LogP) is 3.53. The number of Topliss-reactive ketones (excluding diaryl/α,β-unsaturated/α-hetero) is 1. The van der Waals surface area contributed by atoms with Crippen molar-refractivity contribution in [3.63, 3.8) is 0 Å². The lowest BCUT2D eigenvalue weighted by Crippen LogP contribution is -2.06. The van der Waals surface area contributed by atoms with E-state index in [2.05, 4.69) is 34.7 Å². The van der Waals surface area contributed by atoms with Gasteiger partial charge in [-0.25, -0.2) is 0 Å². The second kappa shape index (κ2) is 6.06. The number of hydrogen-bond acceptors (Lipinski definition) is 4. The summed E-state index contributed by atoms with van der Waals surface area (Å²) in [6.07, 6.45) is 2.24. The SMILES string of the molecule is CCCc1nnsc1C(=O)Cc1cc(C)ccc1C. The first-order valence-electron chi connectivity index (χ1n) is 6.52. The van der Waals surface area contributed by atoms with E-state index in [1.54, 1.807) is 0 Å². The number of rotatable bonds is 5. The lowest BCUT2D eigenvalue weighted by Gasteiger charge is -2.06. The van der Waals surface area contributed by atoms with Gasteiger partial charge in [0.05, 0.1) is 5.69 Å². The zero-order chi connectivity index (χ0) is 13.8. The Kier molecular flexibility index (Phi) is 4.43. The summed E-state index contributed by atoms with van der Waals surface area (Å²) in [6.45, 7) is 6.17. The second-order valence-electron chi connectivity index (χ2n) is 4.83. The van der Waals surface area contributed by atoms with Crippen molar-refractivity contribution in [1.29, 1.82) is 0 Å². The van der Waals surface area contributed by atoms with Crippen LogP contribution in [0, 0.1) is 13.8 Å². The molecule has 0 amide bonds. The Hall–Kier alpha value is -1.55. The largest absolute Gasteiger partial charge is 0.293 e. The van der Waals surface area contributed by atoms with Crippen molar-refractivity contribution in [2.75, 3.05) is 0 Å². The first kappa shape index (κ1) is 13.9. The van der Waals surface area contributed by atoms with Crippen LogP contribution in [0.4, 0.5) is 0 Å². The molecule has 0 saturated heterocycles. The standard InChI is InChI=1S/C15H18N2OS/c1-4-5-13-15(19-17-16-13)14(18)9-12-8-10(2)6-7-11(12)3/h6-8H,4-5,9H2,1-3H3. The predicted molar refractivity (Wildman–Crippen MR) is 77.9 cm³/mol. The van der Waals surface area contributed by atoms with Crippen LogP contribution in [0.2, 0.25) is 0 Å². The molecular weight excluding hydrogens is 256 g/mol. The van der Waals surface area contributed by atoms with Gasteiger partial charge in [-0.3, -0.25) is 4.79 Å². The molecule has 1 aromatic carbocycles. The van der Waals surface area contributed by atoms with Gasteiger partial charge in [0.25, 0.3) is 0 Å². The Labute approximate surface area is 117 Å². The highest BCUT2D eigenvalue weighted by molar-refractivity contribution is 7.08. The molecule has 2 aromatic rings. The highest BCUT2D eigenvalue weighted by Gasteiger charge is 2.16. The average Bonchev–Trinajstić information content (AvgIpc) is 2.82. The Morgan fingerprint density at radius 3 is 2.84 bits per heavy atom. The zero-order valence-electron chi connectivity index (χ0n) is 11.6. The zero-order valence-corrected chi connectivity index (χ0v) is 12.4. The summed E-state index contributed by atoms with van der Waals surface area (Å²) in [7, 11) is 0. The molecule has 1 aromatic heterocycles. The first-order valence-corrected chi connectivity index (χ1v) is 7.29. The van der Waals surface area contributed by atoms with Crippen LogP contribution < -0.4 is 0 Å². The normalized spacial score (nSPS) is 10.7. The fourth-order valence-corrected chi connectivity index (χ4v) is 2.71. The molecule has 0 aliphatic heterocycles. The summed E-state index contributed by atoms with van der Waals surface area (Å²) in [5, 5.41) is 4.06. The molecule has 0 unspecified atom stereocenters. The fraction of sp³-hybridized carbons (Fsp3) is 0.400. The highest BCUT2D eigenvalue weighted by Crippen LogP contribution is 2.18. The number of ketones is 1. The van der Waals surface area contributed by atoms with Crippen LogP contribution in [0.5, 0.6) is 0 Å². The molecule has 2 rings (SSSR count). The minimum absolute atomic E-state index is 0.132. The van der Waals surface area contributed by atoms with E-state index in [9.17, 15) is 4.79 Å². The molecule has 1 heterocycles. The third-order valence-electron chi connectivity index (χ3n) is 3.15. The van der Waals surface area contributed by atoms with Crippen molar-refractivity contribution in [3.8, 4) is 0 Å². The molecule has 0 saturated carbocycles. The van der Waals surface area contributed by atoms with Gasteiger partial charge in [-0.2, -0.15) is 0 Å². The summed E-state index contributed by atoms with van der Waals surface area (Å²) in [5.41, 5.74) is 4.29. The summed E-state index contributed by atoms with van der Waals surface area (Å²) in [4.78, 5) is 13.1. The Balaban J connectivity index is 2.21. The Morgan fingerprint density at radius 2 is 2.11 bits per heavy atom. The smallest absolute Gasteiger partial charge is 0.180 e. The molecule has 0 aliphatic carbocycles. The number of carbonyl (C=O) groups is 1. The summed E-state index contributed by atoms with van der Waals surface area (Å²) in [6, 6.07) is 6.22. The summed E-state index contributed by atoms with van der Waals surface area (Å²) in [5.74, 6) is 0.132. The summed E-state index contributed by atoms with van der Waals surface area (Å²) >= 11 is 1.22. The molecule has 0 fully saturated rings. The molecule has 0 bridgehead atoms. The van der Waals surface area contributed by atoms with Gasteiger partial charge in [-0.15, -0.1) is 5.10 Å². The Morgan fingerprint density at radius 1 is 1.32 bits per heavy atom. The number of aromatic nitrogens is 2. The quantitative estimate of drug-likeness (QED) is 0.783. The molecule has 100 valence electrons. The van der Waals surface area contributed by atoms with Gasteiger partial charge in [0.1, 0.15) is 4.88 Å². The van der Waals surface area contributed by atoms with Gasteiger partial charge < -0.3 is 0 Å². The monoisotopic (exact) mass is 274 g/mol. The van der Waals surface area contributed by atoms with Crippen LogP contribution in [-0.4, -0.2) is 15.4 Å². The topological polar surface area (TPSA) is 42.9 Å². The van der Waals surface area contributed by atoms with Gasteiger partial charge in [-0.1, -0.05) is 41.6 Å². The number of benzene rings is 1. The van der Waals surface area contributed by atoms with E-state index in [-0.39, 0.29) is 5.78 Å². The number of aryl methyl sites for hydroxylation is 3. The van der Waals surface area contributed by atoms with Gasteiger partial charge in [-0.05, 0) is 42.9 Å². The van der Waals surface area contributed by atoms with Crippen LogP contribution in [0.15, 0.2) is 18.2 Å².